The first-order valence-corrected chi connectivity index (χ1v) is 7.26. The lowest BCUT2D eigenvalue weighted by Crippen LogP contribution is -2.49. The highest BCUT2D eigenvalue weighted by Crippen LogP contribution is 2.21. The molecule has 0 bridgehead atoms. The summed E-state index contributed by atoms with van der Waals surface area (Å²) in [6, 6.07) is 10.6. The van der Waals surface area contributed by atoms with E-state index in [1.807, 2.05) is 17.9 Å². The summed E-state index contributed by atoms with van der Waals surface area (Å²) in [6.45, 7) is 3.63. The van der Waals surface area contributed by atoms with E-state index in [1.54, 1.807) is 0 Å². The number of nitrogens with zero attached hydrogens (tertiary/aromatic N) is 1. The Balaban J connectivity index is 1.96. The van der Waals surface area contributed by atoms with Crippen LogP contribution in [0, 0.1) is 5.92 Å². The highest BCUT2D eigenvalue weighted by atomic mass is 16.2. The van der Waals surface area contributed by atoms with Gasteiger partial charge in [-0.3, -0.25) is 4.79 Å². The van der Waals surface area contributed by atoms with E-state index in [2.05, 4.69) is 24.3 Å². The second-order valence-corrected chi connectivity index (χ2v) is 5.60. The average Bonchev–Trinajstić information content (AvgIpc) is 2.39. The van der Waals surface area contributed by atoms with Crippen LogP contribution >= 0.6 is 0 Å². The molecule has 0 aliphatic carbocycles. The topological polar surface area (TPSA) is 46.3 Å². The highest BCUT2D eigenvalue weighted by Gasteiger charge is 2.27. The Morgan fingerprint density at radius 2 is 2.05 bits per heavy atom. The lowest BCUT2D eigenvalue weighted by atomic mass is 9.89. The van der Waals surface area contributed by atoms with Crippen molar-refractivity contribution in [3.8, 4) is 0 Å². The third-order valence-electron chi connectivity index (χ3n) is 3.75. The van der Waals surface area contributed by atoms with Crippen molar-refractivity contribution in [2.24, 2.45) is 11.7 Å². The van der Waals surface area contributed by atoms with E-state index in [-0.39, 0.29) is 11.9 Å². The van der Waals surface area contributed by atoms with Gasteiger partial charge < -0.3 is 10.6 Å². The van der Waals surface area contributed by atoms with Gasteiger partial charge in [0.15, 0.2) is 0 Å². The zero-order valence-electron chi connectivity index (χ0n) is 11.7. The van der Waals surface area contributed by atoms with Crippen LogP contribution in [0.2, 0.25) is 0 Å². The van der Waals surface area contributed by atoms with Crippen LogP contribution in [-0.4, -0.2) is 29.9 Å². The Labute approximate surface area is 115 Å². The minimum absolute atomic E-state index is 0.128. The fourth-order valence-corrected chi connectivity index (χ4v) is 2.92. The molecule has 2 rings (SSSR count). The van der Waals surface area contributed by atoms with Crippen LogP contribution < -0.4 is 5.73 Å². The van der Waals surface area contributed by atoms with Gasteiger partial charge in [-0.25, -0.2) is 0 Å². The molecule has 19 heavy (non-hydrogen) atoms. The fourth-order valence-electron chi connectivity index (χ4n) is 2.92. The van der Waals surface area contributed by atoms with Crippen LogP contribution in [0.5, 0.6) is 0 Å². The minimum atomic E-state index is 0.128. The Kier molecular flexibility index (Phi) is 4.97. The van der Waals surface area contributed by atoms with Gasteiger partial charge >= 0.3 is 0 Å². The molecule has 1 aromatic rings. The number of nitrogens with two attached hydrogens (primary N) is 1. The summed E-state index contributed by atoms with van der Waals surface area (Å²) in [5, 5.41) is 0. The van der Waals surface area contributed by atoms with Gasteiger partial charge in [-0.2, -0.15) is 0 Å². The smallest absolute Gasteiger partial charge is 0.222 e. The molecule has 0 radical (unpaired) electrons. The Bertz CT molecular complexity index is 404. The standard InChI is InChI=1S/C16H24N2O/c1-2-6-16(19)18-11-14(10-15(17)12-18)9-13-7-4-3-5-8-13/h3-5,7-8,14-15H,2,6,9-12,17H2,1H3. The largest absolute Gasteiger partial charge is 0.341 e. The quantitative estimate of drug-likeness (QED) is 0.902. The Morgan fingerprint density at radius 3 is 2.74 bits per heavy atom. The number of hydrogen-bond donors (Lipinski definition) is 1. The van der Waals surface area contributed by atoms with Crippen molar-refractivity contribution in [3.05, 3.63) is 35.9 Å². The predicted octanol–water partition coefficient (Wildman–Crippen LogP) is 2.21. The summed E-state index contributed by atoms with van der Waals surface area (Å²) in [5.74, 6) is 0.752. The number of likely N-dealkylation sites (tertiary alicyclic amines) is 1. The van der Waals surface area contributed by atoms with Crippen LogP contribution in [0.4, 0.5) is 0 Å². The molecule has 1 fully saturated rings. The van der Waals surface area contributed by atoms with Crippen LogP contribution in [0.25, 0.3) is 0 Å². The first-order chi connectivity index (χ1) is 9.19. The second-order valence-electron chi connectivity index (χ2n) is 5.60. The third-order valence-corrected chi connectivity index (χ3v) is 3.75. The molecule has 3 nitrogen and oxygen atoms in total. The van der Waals surface area contributed by atoms with Crippen LogP contribution in [0.15, 0.2) is 30.3 Å². The SMILES string of the molecule is CCCC(=O)N1CC(N)CC(Cc2ccccc2)C1. The number of piperidine rings is 1. The van der Waals surface area contributed by atoms with E-state index in [9.17, 15) is 4.79 Å². The lowest BCUT2D eigenvalue weighted by Gasteiger charge is -2.36. The Hall–Kier alpha value is -1.35. The number of carbonyl (C=O) groups is 1. The Morgan fingerprint density at radius 1 is 1.32 bits per heavy atom. The summed E-state index contributed by atoms with van der Waals surface area (Å²) in [5.41, 5.74) is 7.45. The zero-order valence-corrected chi connectivity index (χ0v) is 11.7. The monoisotopic (exact) mass is 260 g/mol. The molecule has 2 atom stereocenters. The summed E-state index contributed by atoms with van der Waals surface area (Å²) >= 11 is 0. The van der Waals surface area contributed by atoms with Crippen molar-refractivity contribution in [2.75, 3.05) is 13.1 Å². The van der Waals surface area contributed by atoms with Crippen molar-refractivity contribution >= 4 is 5.91 Å². The number of carbonyl (C=O) groups excluding carboxylic acids is 1. The zero-order chi connectivity index (χ0) is 13.7. The summed E-state index contributed by atoms with van der Waals surface area (Å²) in [6.07, 6.45) is 3.59. The predicted molar refractivity (Wildman–Crippen MR) is 77.7 cm³/mol. The molecule has 3 heteroatoms. The van der Waals surface area contributed by atoms with Crippen molar-refractivity contribution in [3.63, 3.8) is 0 Å². The van der Waals surface area contributed by atoms with Gasteiger partial charge in [-0.15, -0.1) is 0 Å². The molecule has 1 aromatic carbocycles. The molecule has 104 valence electrons. The molecule has 0 saturated carbocycles. The van der Waals surface area contributed by atoms with Gasteiger partial charge in [0.05, 0.1) is 0 Å². The van der Waals surface area contributed by atoms with E-state index in [1.165, 1.54) is 5.56 Å². The maximum atomic E-state index is 12.0. The number of benzene rings is 1. The average molecular weight is 260 g/mol. The molecular weight excluding hydrogens is 236 g/mol. The summed E-state index contributed by atoms with van der Waals surface area (Å²) < 4.78 is 0. The van der Waals surface area contributed by atoms with Crippen LogP contribution in [0.1, 0.15) is 31.7 Å². The fraction of sp³-hybridized carbons (Fsp3) is 0.562. The van der Waals surface area contributed by atoms with E-state index in [0.717, 1.165) is 32.4 Å². The van der Waals surface area contributed by atoms with E-state index >= 15 is 0 Å². The summed E-state index contributed by atoms with van der Waals surface area (Å²) in [7, 11) is 0. The highest BCUT2D eigenvalue weighted by molar-refractivity contribution is 5.76. The van der Waals surface area contributed by atoms with Crippen molar-refractivity contribution in [1.29, 1.82) is 0 Å². The molecule has 1 aliphatic heterocycles. The van der Waals surface area contributed by atoms with E-state index in [4.69, 9.17) is 5.73 Å². The normalized spacial score (nSPS) is 23.4. The van der Waals surface area contributed by atoms with Crippen LogP contribution in [-0.2, 0) is 11.2 Å². The van der Waals surface area contributed by atoms with E-state index in [0.29, 0.717) is 12.3 Å². The molecule has 0 aromatic heterocycles. The molecule has 0 spiro atoms. The summed E-state index contributed by atoms with van der Waals surface area (Å²) in [4.78, 5) is 14.0. The van der Waals surface area contributed by atoms with Gasteiger partial charge in [0.1, 0.15) is 0 Å². The molecular formula is C16H24N2O. The second kappa shape index (κ2) is 6.71. The maximum Gasteiger partial charge on any atom is 0.222 e. The van der Waals surface area contributed by atoms with Gasteiger partial charge in [-0.1, -0.05) is 37.3 Å². The third kappa shape index (κ3) is 4.06. The molecule has 2 unspecified atom stereocenters. The van der Waals surface area contributed by atoms with Gasteiger partial charge in [0, 0.05) is 25.6 Å². The van der Waals surface area contributed by atoms with Gasteiger partial charge in [0.2, 0.25) is 5.91 Å². The van der Waals surface area contributed by atoms with Crippen molar-refractivity contribution in [2.45, 2.75) is 38.6 Å². The molecule has 1 saturated heterocycles. The van der Waals surface area contributed by atoms with Crippen molar-refractivity contribution < 1.29 is 4.79 Å². The first-order valence-electron chi connectivity index (χ1n) is 7.26. The van der Waals surface area contributed by atoms with Crippen molar-refractivity contribution in [1.82, 2.24) is 4.90 Å². The first kappa shape index (κ1) is 14.1. The molecule has 1 aliphatic rings. The van der Waals surface area contributed by atoms with Crippen LogP contribution in [0.3, 0.4) is 0 Å². The number of rotatable bonds is 4. The molecule has 2 N–H and O–H groups in total. The molecule has 1 amide bonds. The minimum Gasteiger partial charge on any atom is -0.341 e. The van der Waals surface area contributed by atoms with E-state index < -0.39 is 0 Å². The maximum absolute atomic E-state index is 12.0. The lowest BCUT2D eigenvalue weighted by molar-refractivity contribution is -0.133. The molecule has 1 heterocycles. The van der Waals surface area contributed by atoms with Gasteiger partial charge in [-0.05, 0) is 30.7 Å². The number of hydrogen-bond acceptors (Lipinski definition) is 2. The number of amides is 1. The van der Waals surface area contributed by atoms with Gasteiger partial charge in [0.25, 0.3) is 0 Å².